The average molecular weight is 150 g/mol. The standard InChI is InChI=1S/C10H14O/c1-2-3-4-5-7-10-8-6-9-11-10/h2,6,8-9H,1,3-5,7H2. The van der Waals surface area contributed by atoms with Crippen LogP contribution >= 0.6 is 0 Å². The normalized spacial score (nSPS) is 9.82. The summed E-state index contributed by atoms with van der Waals surface area (Å²) in [6.07, 6.45) is 8.26. The van der Waals surface area contributed by atoms with E-state index in [1.54, 1.807) is 6.26 Å². The van der Waals surface area contributed by atoms with Gasteiger partial charge in [0, 0.05) is 6.42 Å². The van der Waals surface area contributed by atoms with Gasteiger partial charge in [0.2, 0.25) is 0 Å². The first-order valence-electron chi connectivity index (χ1n) is 4.07. The molecule has 0 N–H and O–H groups in total. The Hall–Kier alpha value is -0.980. The predicted molar refractivity (Wildman–Crippen MR) is 46.5 cm³/mol. The van der Waals surface area contributed by atoms with Gasteiger partial charge < -0.3 is 4.42 Å². The Morgan fingerprint density at radius 2 is 2.36 bits per heavy atom. The molecule has 1 nitrogen and oxygen atoms in total. The lowest BCUT2D eigenvalue weighted by Gasteiger charge is -1.93. The Balaban J connectivity index is 2.09. The summed E-state index contributed by atoms with van der Waals surface area (Å²) in [5, 5.41) is 0. The number of hydrogen-bond donors (Lipinski definition) is 0. The van der Waals surface area contributed by atoms with E-state index in [0.29, 0.717) is 0 Å². The van der Waals surface area contributed by atoms with Crippen molar-refractivity contribution in [1.29, 1.82) is 0 Å². The Labute approximate surface area is 67.7 Å². The highest BCUT2D eigenvalue weighted by Gasteiger charge is 1.93. The van der Waals surface area contributed by atoms with E-state index in [4.69, 9.17) is 4.42 Å². The molecule has 0 saturated heterocycles. The second kappa shape index (κ2) is 4.78. The Kier molecular flexibility index (Phi) is 3.53. The summed E-state index contributed by atoms with van der Waals surface area (Å²) >= 11 is 0. The zero-order valence-electron chi connectivity index (χ0n) is 6.75. The quantitative estimate of drug-likeness (QED) is 0.464. The van der Waals surface area contributed by atoms with Crippen LogP contribution in [0.2, 0.25) is 0 Å². The third kappa shape index (κ3) is 3.08. The van der Waals surface area contributed by atoms with E-state index in [9.17, 15) is 0 Å². The SMILES string of the molecule is C=CCCCCc1ccco1. The second-order valence-electron chi connectivity index (χ2n) is 2.61. The first kappa shape index (κ1) is 8.12. The molecule has 1 heteroatoms. The Morgan fingerprint density at radius 1 is 1.45 bits per heavy atom. The molecule has 0 unspecified atom stereocenters. The molecule has 11 heavy (non-hydrogen) atoms. The summed E-state index contributed by atoms with van der Waals surface area (Å²) in [6, 6.07) is 3.96. The van der Waals surface area contributed by atoms with Crippen LogP contribution in [0.25, 0.3) is 0 Å². The van der Waals surface area contributed by atoms with E-state index >= 15 is 0 Å². The van der Waals surface area contributed by atoms with Crippen LogP contribution in [0, 0.1) is 0 Å². The highest BCUT2D eigenvalue weighted by atomic mass is 16.3. The first-order chi connectivity index (χ1) is 5.43. The highest BCUT2D eigenvalue weighted by Crippen LogP contribution is 2.06. The van der Waals surface area contributed by atoms with Crippen LogP contribution in [-0.2, 0) is 6.42 Å². The van der Waals surface area contributed by atoms with Crippen molar-refractivity contribution in [2.75, 3.05) is 0 Å². The molecule has 0 aliphatic heterocycles. The van der Waals surface area contributed by atoms with Crippen LogP contribution in [0.1, 0.15) is 25.0 Å². The van der Waals surface area contributed by atoms with Gasteiger partial charge in [-0.05, 0) is 31.4 Å². The number of hydrogen-bond acceptors (Lipinski definition) is 1. The fraction of sp³-hybridized carbons (Fsp3) is 0.400. The number of furan rings is 1. The molecule has 0 atom stereocenters. The average Bonchev–Trinajstić information content (AvgIpc) is 2.50. The highest BCUT2D eigenvalue weighted by molar-refractivity contribution is 4.97. The third-order valence-corrected chi connectivity index (χ3v) is 1.66. The van der Waals surface area contributed by atoms with E-state index in [1.165, 1.54) is 12.8 Å². The van der Waals surface area contributed by atoms with Crippen LogP contribution in [0.5, 0.6) is 0 Å². The molecule has 0 amide bonds. The van der Waals surface area contributed by atoms with Crippen molar-refractivity contribution in [3.05, 3.63) is 36.8 Å². The summed E-state index contributed by atoms with van der Waals surface area (Å²) in [7, 11) is 0. The van der Waals surface area contributed by atoms with E-state index in [1.807, 2.05) is 18.2 Å². The van der Waals surface area contributed by atoms with Crippen LogP contribution < -0.4 is 0 Å². The zero-order chi connectivity index (χ0) is 7.94. The molecule has 0 saturated carbocycles. The molecule has 0 bridgehead atoms. The molecule has 0 aromatic carbocycles. The number of aryl methyl sites for hydroxylation is 1. The van der Waals surface area contributed by atoms with Crippen molar-refractivity contribution < 1.29 is 4.42 Å². The van der Waals surface area contributed by atoms with Crippen molar-refractivity contribution in [2.45, 2.75) is 25.7 Å². The lowest BCUT2D eigenvalue weighted by Crippen LogP contribution is -1.80. The van der Waals surface area contributed by atoms with Gasteiger partial charge in [-0.1, -0.05) is 6.08 Å². The summed E-state index contributed by atoms with van der Waals surface area (Å²) in [5.41, 5.74) is 0. The van der Waals surface area contributed by atoms with Crippen molar-refractivity contribution in [2.24, 2.45) is 0 Å². The van der Waals surface area contributed by atoms with Gasteiger partial charge in [0.1, 0.15) is 5.76 Å². The van der Waals surface area contributed by atoms with Crippen molar-refractivity contribution in [3.63, 3.8) is 0 Å². The largest absolute Gasteiger partial charge is 0.469 e. The van der Waals surface area contributed by atoms with Crippen LogP contribution in [0.3, 0.4) is 0 Å². The summed E-state index contributed by atoms with van der Waals surface area (Å²) in [4.78, 5) is 0. The van der Waals surface area contributed by atoms with Gasteiger partial charge in [0.05, 0.1) is 6.26 Å². The van der Waals surface area contributed by atoms with E-state index in [-0.39, 0.29) is 0 Å². The van der Waals surface area contributed by atoms with Crippen molar-refractivity contribution in [1.82, 2.24) is 0 Å². The van der Waals surface area contributed by atoms with Crippen molar-refractivity contribution >= 4 is 0 Å². The minimum Gasteiger partial charge on any atom is -0.469 e. The number of rotatable bonds is 5. The zero-order valence-corrected chi connectivity index (χ0v) is 6.75. The molecule has 1 aromatic heterocycles. The van der Waals surface area contributed by atoms with Gasteiger partial charge >= 0.3 is 0 Å². The molecule has 0 fully saturated rings. The molecule has 1 heterocycles. The smallest absolute Gasteiger partial charge is 0.103 e. The van der Waals surface area contributed by atoms with Gasteiger partial charge in [-0.25, -0.2) is 0 Å². The van der Waals surface area contributed by atoms with Crippen molar-refractivity contribution in [3.8, 4) is 0 Å². The topological polar surface area (TPSA) is 13.1 Å². The van der Waals surface area contributed by atoms with Gasteiger partial charge in [0.25, 0.3) is 0 Å². The number of allylic oxidation sites excluding steroid dienone is 1. The predicted octanol–water partition coefficient (Wildman–Crippen LogP) is 3.18. The minimum atomic E-state index is 1.06. The molecule has 0 aliphatic carbocycles. The summed E-state index contributed by atoms with van der Waals surface area (Å²) < 4.78 is 5.19. The Morgan fingerprint density at radius 3 is 3.00 bits per heavy atom. The maximum Gasteiger partial charge on any atom is 0.103 e. The fourth-order valence-electron chi connectivity index (χ4n) is 1.04. The van der Waals surface area contributed by atoms with E-state index in [2.05, 4.69) is 6.58 Å². The van der Waals surface area contributed by atoms with E-state index in [0.717, 1.165) is 18.6 Å². The second-order valence-corrected chi connectivity index (χ2v) is 2.61. The number of unbranched alkanes of at least 4 members (excludes halogenated alkanes) is 2. The molecule has 1 aromatic rings. The molecule has 0 spiro atoms. The maximum atomic E-state index is 5.19. The monoisotopic (exact) mass is 150 g/mol. The lowest BCUT2D eigenvalue weighted by atomic mass is 10.1. The third-order valence-electron chi connectivity index (χ3n) is 1.66. The summed E-state index contributed by atoms with van der Waals surface area (Å²) in [5.74, 6) is 1.09. The van der Waals surface area contributed by atoms with Gasteiger partial charge in [-0.2, -0.15) is 0 Å². The van der Waals surface area contributed by atoms with Gasteiger partial charge in [-0.3, -0.25) is 0 Å². The molecular formula is C10H14O. The molecule has 1 rings (SSSR count). The molecule has 60 valence electrons. The van der Waals surface area contributed by atoms with Gasteiger partial charge in [-0.15, -0.1) is 6.58 Å². The first-order valence-corrected chi connectivity index (χ1v) is 4.07. The molecule has 0 radical (unpaired) electrons. The van der Waals surface area contributed by atoms with Gasteiger partial charge in [0.15, 0.2) is 0 Å². The van der Waals surface area contributed by atoms with Crippen LogP contribution in [-0.4, -0.2) is 0 Å². The summed E-state index contributed by atoms with van der Waals surface area (Å²) in [6.45, 7) is 3.67. The van der Waals surface area contributed by atoms with E-state index < -0.39 is 0 Å². The molecular weight excluding hydrogens is 136 g/mol. The Bertz CT molecular complexity index is 187. The molecule has 0 aliphatic rings. The van der Waals surface area contributed by atoms with Crippen LogP contribution in [0.15, 0.2) is 35.5 Å². The van der Waals surface area contributed by atoms with Crippen LogP contribution in [0.4, 0.5) is 0 Å². The maximum absolute atomic E-state index is 5.19. The minimum absolute atomic E-state index is 1.06. The fourth-order valence-corrected chi connectivity index (χ4v) is 1.04. The lowest BCUT2D eigenvalue weighted by molar-refractivity contribution is 0.498.